The standard InChI is InChI=1S/C15H22F3N3O/c1-3-4-9-20-14(19-2)21-10-12-5-7-13(8-6-12)22-11-15(16,17)18/h5-8H,3-4,9-11H2,1-2H3,(H2,19,20,21). The van der Waals surface area contributed by atoms with E-state index in [9.17, 15) is 13.2 Å². The SMILES string of the molecule is CCCCNC(=NC)NCc1ccc(OCC(F)(F)F)cc1. The molecule has 1 aromatic rings. The highest BCUT2D eigenvalue weighted by molar-refractivity contribution is 5.79. The summed E-state index contributed by atoms with van der Waals surface area (Å²) >= 11 is 0. The summed E-state index contributed by atoms with van der Waals surface area (Å²) < 4.78 is 40.8. The van der Waals surface area contributed by atoms with Crippen molar-refractivity contribution < 1.29 is 17.9 Å². The Morgan fingerprint density at radius 3 is 2.41 bits per heavy atom. The second kappa shape index (κ2) is 9.17. The number of benzene rings is 1. The quantitative estimate of drug-likeness (QED) is 0.461. The van der Waals surface area contributed by atoms with E-state index in [1.54, 1.807) is 19.2 Å². The molecule has 0 fully saturated rings. The van der Waals surface area contributed by atoms with E-state index in [-0.39, 0.29) is 5.75 Å². The minimum absolute atomic E-state index is 0.200. The third-order valence-corrected chi connectivity index (χ3v) is 2.83. The van der Waals surface area contributed by atoms with Gasteiger partial charge in [0.1, 0.15) is 5.75 Å². The zero-order valence-electron chi connectivity index (χ0n) is 12.8. The average molecular weight is 317 g/mol. The minimum atomic E-state index is -4.32. The molecule has 0 aliphatic rings. The van der Waals surface area contributed by atoms with Gasteiger partial charge in [-0.1, -0.05) is 25.5 Å². The highest BCUT2D eigenvalue weighted by Crippen LogP contribution is 2.18. The molecule has 4 nitrogen and oxygen atoms in total. The molecule has 0 spiro atoms. The van der Waals surface area contributed by atoms with Crippen molar-refractivity contribution in [1.82, 2.24) is 10.6 Å². The number of rotatable bonds is 7. The van der Waals surface area contributed by atoms with Gasteiger partial charge in [0.05, 0.1) is 0 Å². The second-order valence-corrected chi connectivity index (χ2v) is 4.75. The Morgan fingerprint density at radius 2 is 1.86 bits per heavy atom. The zero-order valence-corrected chi connectivity index (χ0v) is 12.8. The van der Waals surface area contributed by atoms with Crippen LogP contribution in [0.4, 0.5) is 13.2 Å². The van der Waals surface area contributed by atoms with Crippen molar-refractivity contribution in [3.8, 4) is 5.75 Å². The normalized spacial score (nSPS) is 12.1. The summed E-state index contributed by atoms with van der Waals surface area (Å²) in [5, 5.41) is 6.32. The van der Waals surface area contributed by atoms with Gasteiger partial charge >= 0.3 is 6.18 Å². The Labute approximate surface area is 128 Å². The van der Waals surface area contributed by atoms with Gasteiger partial charge in [0, 0.05) is 20.1 Å². The first kappa shape index (κ1) is 18.1. The summed E-state index contributed by atoms with van der Waals surface area (Å²) in [6.45, 7) is 2.21. The minimum Gasteiger partial charge on any atom is -0.484 e. The van der Waals surface area contributed by atoms with Gasteiger partial charge in [-0.25, -0.2) is 0 Å². The van der Waals surface area contributed by atoms with Crippen LogP contribution in [-0.2, 0) is 6.54 Å². The molecule has 0 aromatic heterocycles. The monoisotopic (exact) mass is 317 g/mol. The zero-order chi connectivity index (χ0) is 16.4. The Kier molecular flexibility index (Phi) is 7.56. The van der Waals surface area contributed by atoms with Gasteiger partial charge in [-0.2, -0.15) is 13.2 Å². The molecule has 124 valence electrons. The third kappa shape index (κ3) is 7.75. The van der Waals surface area contributed by atoms with Crippen LogP contribution in [0.1, 0.15) is 25.3 Å². The number of halogens is 3. The smallest absolute Gasteiger partial charge is 0.422 e. The van der Waals surface area contributed by atoms with Crippen LogP contribution in [0.15, 0.2) is 29.3 Å². The summed E-state index contributed by atoms with van der Waals surface area (Å²) in [6.07, 6.45) is -2.16. The fourth-order valence-corrected chi connectivity index (χ4v) is 1.66. The highest BCUT2D eigenvalue weighted by atomic mass is 19.4. The number of nitrogens with zero attached hydrogens (tertiary/aromatic N) is 1. The van der Waals surface area contributed by atoms with Crippen LogP contribution in [0.25, 0.3) is 0 Å². The molecule has 0 unspecified atom stereocenters. The van der Waals surface area contributed by atoms with E-state index in [2.05, 4.69) is 27.3 Å². The topological polar surface area (TPSA) is 45.7 Å². The highest BCUT2D eigenvalue weighted by Gasteiger charge is 2.28. The molecule has 22 heavy (non-hydrogen) atoms. The molecule has 0 aliphatic heterocycles. The molecule has 0 aliphatic carbocycles. The predicted molar refractivity (Wildman–Crippen MR) is 81.1 cm³/mol. The van der Waals surface area contributed by atoms with Crippen molar-refractivity contribution in [3.63, 3.8) is 0 Å². The number of aliphatic imine (C=N–C) groups is 1. The van der Waals surface area contributed by atoms with Crippen LogP contribution < -0.4 is 15.4 Å². The maximum atomic E-state index is 12.0. The molecule has 0 heterocycles. The van der Waals surface area contributed by atoms with E-state index >= 15 is 0 Å². The van der Waals surface area contributed by atoms with E-state index in [1.807, 2.05) is 0 Å². The summed E-state index contributed by atoms with van der Waals surface area (Å²) in [7, 11) is 1.69. The summed E-state index contributed by atoms with van der Waals surface area (Å²) in [4.78, 5) is 4.09. The van der Waals surface area contributed by atoms with Crippen molar-refractivity contribution in [3.05, 3.63) is 29.8 Å². The van der Waals surface area contributed by atoms with Gasteiger partial charge in [0.15, 0.2) is 12.6 Å². The maximum absolute atomic E-state index is 12.0. The van der Waals surface area contributed by atoms with Gasteiger partial charge < -0.3 is 15.4 Å². The van der Waals surface area contributed by atoms with Crippen molar-refractivity contribution in [2.75, 3.05) is 20.2 Å². The molecule has 0 bridgehead atoms. The Bertz CT molecular complexity index is 458. The van der Waals surface area contributed by atoms with Gasteiger partial charge in [-0.15, -0.1) is 0 Å². The Balaban J connectivity index is 2.40. The molecule has 1 aromatic carbocycles. The van der Waals surface area contributed by atoms with E-state index in [4.69, 9.17) is 0 Å². The van der Waals surface area contributed by atoms with E-state index < -0.39 is 12.8 Å². The van der Waals surface area contributed by atoms with Gasteiger partial charge in [0.25, 0.3) is 0 Å². The first-order valence-electron chi connectivity index (χ1n) is 7.17. The number of alkyl halides is 3. The fraction of sp³-hybridized carbons (Fsp3) is 0.533. The predicted octanol–water partition coefficient (Wildman–Crippen LogP) is 3.09. The number of ether oxygens (including phenoxy) is 1. The Morgan fingerprint density at radius 1 is 1.18 bits per heavy atom. The lowest BCUT2D eigenvalue weighted by atomic mass is 10.2. The average Bonchev–Trinajstić information content (AvgIpc) is 2.49. The van der Waals surface area contributed by atoms with Crippen molar-refractivity contribution in [2.24, 2.45) is 4.99 Å². The molecule has 0 saturated heterocycles. The lowest BCUT2D eigenvalue weighted by molar-refractivity contribution is -0.153. The van der Waals surface area contributed by atoms with Crippen LogP contribution >= 0.6 is 0 Å². The van der Waals surface area contributed by atoms with Gasteiger partial charge in [0.2, 0.25) is 0 Å². The fourth-order valence-electron chi connectivity index (χ4n) is 1.66. The van der Waals surface area contributed by atoms with Crippen LogP contribution in [0.5, 0.6) is 5.75 Å². The molecular weight excluding hydrogens is 295 g/mol. The van der Waals surface area contributed by atoms with Crippen LogP contribution in [-0.4, -0.2) is 32.3 Å². The van der Waals surface area contributed by atoms with Gasteiger partial charge in [-0.3, -0.25) is 4.99 Å². The van der Waals surface area contributed by atoms with Crippen molar-refractivity contribution in [1.29, 1.82) is 0 Å². The Hall–Kier alpha value is -1.92. The molecule has 0 saturated carbocycles. The van der Waals surface area contributed by atoms with Crippen LogP contribution in [0, 0.1) is 0 Å². The maximum Gasteiger partial charge on any atom is 0.422 e. The molecule has 2 N–H and O–H groups in total. The summed E-state index contributed by atoms with van der Waals surface area (Å²) in [6, 6.07) is 6.49. The van der Waals surface area contributed by atoms with Crippen LogP contribution in [0.2, 0.25) is 0 Å². The first-order valence-corrected chi connectivity index (χ1v) is 7.17. The number of guanidine groups is 1. The number of hydrogen-bond donors (Lipinski definition) is 2. The number of hydrogen-bond acceptors (Lipinski definition) is 2. The summed E-state index contributed by atoms with van der Waals surface area (Å²) in [5.41, 5.74) is 0.929. The first-order chi connectivity index (χ1) is 10.4. The van der Waals surface area contributed by atoms with E-state index in [0.717, 1.165) is 24.9 Å². The van der Waals surface area contributed by atoms with Crippen molar-refractivity contribution in [2.45, 2.75) is 32.5 Å². The largest absolute Gasteiger partial charge is 0.484 e. The third-order valence-electron chi connectivity index (χ3n) is 2.83. The number of nitrogens with one attached hydrogen (secondary N) is 2. The van der Waals surface area contributed by atoms with E-state index in [0.29, 0.717) is 12.5 Å². The lowest BCUT2D eigenvalue weighted by Gasteiger charge is -2.12. The van der Waals surface area contributed by atoms with Crippen molar-refractivity contribution >= 4 is 5.96 Å². The van der Waals surface area contributed by atoms with Gasteiger partial charge in [-0.05, 0) is 24.1 Å². The lowest BCUT2D eigenvalue weighted by Crippen LogP contribution is -2.37. The van der Waals surface area contributed by atoms with Crippen LogP contribution in [0.3, 0.4) is 0 Å². The molecular formula is C15H22F3N3O. The molecule has 0 amide bonds. The molecule has 0 radical (unpaired) electrons. The second-order valence-electron chi connectivity index (χ2n) is 4.75. The number of unbranched alkanes of at least 4 members (excludes halogenated alkanes) is 1. The summed E-state index contributed by atoms with van der Waals surface area (Å²) in [5.74, 6) is 0.900. The molecule has 7 heteroatoms. The molecule has 0 atom stereocenters. The van der Waals surface area contributed by atoms with E-state index in [1.165, 1.54) is 12.1 Å². The molecule has 1 rings (SSSR count).